The Hall–Kier alpha value is -4.25. The van der Waals surface area contributed by atoms with E-state index in [1.54, 1.807) is 65.8 Å². The zero-order valence-corrected chi connectivity index (χ0v) is 27.4. The summed E-state index contributed by atoms with van der Waals surface area (Å²) in [6.45, 7) is 10.3. The molecule has 12 heteroatoms. The lowest BCUT2D eigenvalue weighted by Gasteiger charge is -2.24. The molecule has 0 radical (unpaired) electrons. The number of carbonyl (C=O) groups is 4. The number of hydrogen-bond donors (Lipinski definition) is 3. The van der Waals surface area contributed by atoms with Crippen molar-refractivity contribution < 1.29 is 38.1 Å². The monoisotopic (exact) mass is 641 g/mol. The lowest BCUT2D eigenvalue weighted by Crippen LogP contribution is -2.32. The fourth-order valence-electron chi connectivity index (χ4n) is 5.27. The quantitative estimate of drug-likeness (QED) is 0.179. The van der Waals surface area contributed by atoms with Crippen molar-refractivity contribution in [3.63, 3.8) is 0 Å². The number of aromatic amines is 1. The molecule has 0 saturated carbocycles. The molecule has 0 fully saturated rings. The molecule has 1 atom stereocenters. The normalized spacial score (nSPS) is 14.4. The van der Waals surface area contributed by atoms with Crippen molar-refractivity contribution in [2.24, 2.45) is 0 Å². The van der Waals surface area contributed by atoms with E-state index in [2.05, 4.69) is 15.6 Å². The van der Waals surface area contributed by atoms with Crippen molar-refractivity contribution in [1.82, 2.24) is 10.3 Å². The number of ether oxygens (including phenoxy) is 4. The van der Waals surface area contributed by atoms with Gasteiger partial charge in [0.1, 0.15) is 22.6 Å². The summed E-state index contributed by atoms with van der Waals surface area (Å²) in [6.07, 6.45) is 0.795. The van der Waals surface area contributed by atoms with Gasteiger partial charge in [-0.1, -0.05) is 17.7 Å². The molecule has 1 aliphatic carbocycles. The van der Waals surface area contributed by atoms with Gasteiger partial charge in [0.25, 0.3) is 0 Å². The minimum atomic E-state index is -0.701. The fourth-order valence-corrected chi connectivity index (χ4v) is 5.51. The number of methoxy groups -OCH3 is 1. The third-order valence-electron chi connectivity index (χ3n) is 6.90. The molecule has 1 aromatic heterocycles. The summed E-state index contributed by atoms with van der Waals surface area (Å²) in [5.41, 5.74) is 2.38. The van der Waals surface area contributed by atoms with Crippen LogP contribution in [0.25, 0.3) is 10.9 Å². The number of H-pyrrole nitrogens is 1. The van der Waals surface area contributed by atoms with Crippen LogP contribution in [0.3, 0.4) is 0 Å². The summed E-state index contributed by atoms with van der Waals surface area (Å²) in [6, 6.07) is 8.63. The van der Waals surface area contributed by atoms with Crippen LogP contribution in [0.4, 0.5) is 10.5 Å². The first-order valence-corrected chi connectivity index (χ1v) is 15.1. The summed E-state index contributed by atoms with van der Waals surface area (Å²) in [5.74, 6) is -1.47. The topological polar surface area (TPSA) is 145 Å². The first-order chi connectivity index (χ1) is 21.0. The lowest BCUT2D eigenvalue weighted by molar-refractivity contribution is -0.157. The van der Waals surface area contributed by atoms with Crippen molar-refractivity contribution in [2.45, 2.75) is 84.5 Å². The van der Waals surface area contributed by atoms with Gasteiger partial charge in [0.05, 0.1) is 12.8 Å². The van der Waals surface area contributed by atoms with E-state index < -0.39 is 35.8 Å². The van der Waals surface area contributed by atoms with Gasteiger partial charge in [0, 0.05) is 28.9 Å². The molecule has 4 rings (SSSR count). The van der Waals surface area contributed by atoms with Gasteiger partial charge in [-0.05, 0) is 101 Å². The molecule has 1 aliphatic rings. The van der Waals surface area contributed by atoms with Crippen LogP contribution in [0.2, 0.25) is 5.02 Å². The molecular formula is C33H40ClN3O8. The number of amides is 2. The van der Waals surface area contributed by atoms with Gasteiger partial charge in [0.15, 0.2) is 6.61 Å². The van der Waals surface area contributed by atoms with Crippen molar-refractivity contribution in [1.29, 1.82) is 0 Å². The number of carbonyl (C=O) groups excluding carboxylic acids is 4. The zero-order valence-electron chi connectivity index (χ0n) is 26.6. The minimum Gasteiger partial charge on any atom is -0.480 e. The van der Waals surface area contributed by atoms with Crippen LogP contribution in [0.1, 0.15) is 87.5 Å². The zero-order chi connectivity index (χ0) is 33.1. The van der Waals surface area contributed by atoms with Crippen molar-refractivity contribution in [3.8, 4) is 5.75 Å². The molecule has 3 aromatic rings. The maximum absolute atomic E-state index is 13.5. The highest BCUT2D eigenvalue weighted by Gasteiger charge is 2.32. The van der Waals surface area contributed by atoms with E-state index >= 15 is 0 Å². The van der Waals surface area contributed by atoms with Gasteiger partial charge in [-0.2, -0.15) is 0 Å². The first kappa shape index (κ1) is 33.6. The maximum atomic E-state index is 13.5. The molecule has 242 valence electrons. The number of aryl methyl sites for hydroxylation is 1. The van der Waals surface area contributed by atoms with Crippen LogP contribution < -0.4 is 15.4 Å². The molecule has 0 spiro atoms. The summed E-state index contributed by atoms with van der Waals surface area (Å²) in [7, 11) is 1.31. The summed E-state index contributed by atoms with van der Waals surface area (Å²) in [5, 5.41) is 7.02. The van der Waals surface area contributed by atoms with Crippen LogP contribution in [0.5, 0.6) is 5.75 Å². The molecule has 0 bridgehead atoms. The summed E-state index contributed by atoms with van der Waals surface area (Å²) < 4.78 is 21.5. The number of anilines is 1. The Labute approximate surface area is 267 Å². The van der Waals surface area contributed by atoms with Crippen molar-refractivity contribution >= 4 is 52.1 Å². The molecular weight excluding hydrogens is 602 g/mol. The molecule has 1 heterocycles. The highest BCUT2D eigenvalue weighted by Crippen LogP contribution is 2.42. The average Bonchev–Trinajstić information content (AvgIpc) is 3.31. The van der Waals surface area contributed by atoms with E-state index in [0.29, 0.717) is 40.3 Å². The number of benzene rings is 2. The Morgan fingerprint density at radius 3 is 2.38 bits per heavy atom. The Kier molecular flexibility index (Phi) is 10.0. The van der Waals surface area contributed by atoms with Gasteiger partial charge >= 0.3 is 18.0 Å². The molecule has 2 amide bonds. The van der Waals surface area contributed by atoms with Gasteiger partial charge in [-0.15, -0.1) is 0 Å². The van der Waals surface area contributed by atoms with E-state index in [1.165, 1.54) is 7.11 Å². The number of hydrogen-bond acceptors (Lipinski definition) is 8. The van der Waals surface area contributed by atoms with E-state index in [-0.39, 0.29) is 30.5 Å². The van der Waals surface area contributed by atoms with Crippen molar-refractivity contribution in [2.75, 3.05) is 19.0 Å². The van der Waals surface area contributed by atoms with Crippen LogP contribution in [0.15, 0.2) is 30.3 Å². The van der Waals surface area contributed by atoms with E-state index in [4.69, 9.17) is 30.5 Å². The molecule has 11 nitrogen and oxygen atoms in total. The predicted octanol–water partition coefficient (Wildman–Crippen LogP) is 6.41. The standard InChI is InChI=1S/C33H40ClN3O8/c1-32(2,3)44-26(39)17-43-24-12-18(16-35-31(41)45-33(4,5)6)8-11-22(24)36-25(38)14-20-10-9-19-13-21(34)15-23-27(19)28(20)29(37-23)30(40)42-7/h8,11-13,15,20,37H,9-10,14,16-17H2,1-7H3,(H,35,41)(H,36,38). The van der Waals surface area contributed by atoms with Gasteiger partial charge < -0.3 is 34.6 Å². The number of nitrogens with one attached hydrogen (secondary N) is 3. The maximum Gasteiger partial charge on any atom is 0.407 e. The molecule has 3 N–H and O–H groups in total. The first-order valence-electron chi connectivity index (χ1n) is 14.7. The van der Waals surface area contributed by atoms with Crippen LogP contribution in [-0.4, -0.2) is 53.8 Å². The summed E-state index contributed by atoms with van der Waals surface area (Å²) in [4.78, 5) is 53.9. The third-order valence-corrected chi connectivity index (χ3v) is 7.11. The molecule has 0 saturated heterocycles. The fraction of sp³-hybridized carbons (Fsp3) is 0.455. The average molecular weight is 642 g/mol. The Morgan fingerprint density at radius 1 is 1.00 bits per heavy atom. The largest absolute Gasteiger partial charge is 0.480 e. The van der Waals surface area contributed by atoms with Crippen molar-refractivity contribution in [3.05, 3.63) is 57.7 Å². The van der Waals surface area contributed by atoms with Gasteiger partial charge in [-0.25, -0.2) is 14.4 Å². The molecule has 45 heavy (non-hydrogen) atoms. The predicted molar refractivity (Wildman–Crippen MR) is 170 cm³/mol. The van der Waals surface area contributed by atoms with E-state index in [0.717, 1.165) is 16.5 Å². The second kappa shape index (κ2) is 13.4. The summed E-state index contributed by atoms with van der Waals surface area (Å²) >= 11 is 6.31. The van der Waals surface area contributed by atoms with E-state index in [9.17, 15) is 19.2 Å². The number of alkyl carbamates (subject to hydrolysis) is 1. The minimum absolute atomic E-state index is 0.0759. The number of rotatable bonds is 9. The number of esters is 2. The SMILES string of the molecule is COC(=O)c1[nH]c2cc(Cl)cc3c2c1C(CC(=O)Nc1ccc(CNC(=O)OC(C)(C)C)cc1OCC(=O)OC(C)(C)C)CC3. The molecule has 0 aliphatic heterocycles. The highest BCUT2D eigenvalue weighted by molar-refractivity contribution is 6.31. The van der Waals surface area contributed by atoms with Crippen LogP contribution in [-0.2, 0) is 36.8 Å². The van der Waals surface area contributed by atoms with Gasteiger partial charge in [-0.3, -0.25) is 4.79 Å². The smallest absolute Gasteiger partial charge is 0.407 e. The van der Waals surface area contributed by atoms with E-state index in [1.807, 2.05) is 6.07 Å². The van der Waals surface area contributed by atoms with Crippen LogP contribution in [0, 0.1) is 0 Å². The highest BCUT2D eigenvalue weighted by atomic mass is 35.5. The lowest BCUT2D eigenvalue weighted by atomic mass is 9.81. The number of aromatic nitrogens is 1. The number of halogens is 1. The van der Waals surface area contributed by atoms with Gasteiger partial charge in [0.2, 0.25) is 5.91 Å². The molecule has 1 unspecified atom stereocenters. The van der Waals surface area contributed by atoms with Crippen LogP contribution >= 0.6 is 11.6 Å². The molecule has 2 aromatic carbocycles. The Morgan fingerprint density at radius 2 is 1.71 bits per heavy atom. The Balaban J connectivity index is 1.55. The second-order valence-corrected chi connectivity index (χ2v) is 13.4. The second-order valence-electron chi connectivity index (χ2n) is 12.9. The Bertz CT molecular complexity index is 1620. The third kappa shape index (κ3) is 8.91.